The average Bonchev–Trinajstić information content (AvgIpc) is 3.17. The number of amides is 1. The summed E-state index contributed by atoms with van der Waals surface area (Å²) in [5, 5.41) is 0. The molecule has 4 rings (SSSR count). The highest BCUT2D eigenvalue weighted by Crippen LogP contribution is 2.33. The standard InChI is InChI=1S/C20H19BrF2N2O4/c21-15-2-4-16(29-20(22)23)14(9-15)11-24-5-7-25(8-6-24)19(26)13-1-3-17-18(10-13)28-12-27-17/h1-4,9-10,20H,5-8,11-12H2. The van der Waals surface area contributed by atoms with E-state index in [0.29, 0.717) is 55.3 Å². The molecule has 1 fully saturated rings. The van der Waals surface area contributed by atoms with Crippen molar-refractivity contribution >= 4 is 21.8 Å². The van der Waals surface area contributed by atoms with Crippen LogP contribution in [0.25, 0.3) is 0 Å². The van der Waals surface area contributed by atoms with Crippen LogP contribution >= 0.6 is 15.9 Å². The third-order valence-corrected chi connectivity index (χ3v) is 5.40. The fourth-order valence-electron chi connectivity index (χ4n) is 3.44. The van der Waals surface area contributed by atoms with E-state index in [1.165, 1.54) is 6.07 Å². The van der Waals surface area contributed by atoms with Crippen LogP contribution in [0, 0.1) is 0 Å². The van der Waals surface area contributed by atoms with E-state index in [2.05, 4.69) is 25.6 Å². The van der Waals surface area contributed by atoms with Crippen LogP contribution in [0.1, 0.15) is 15.9 Å². The summed E-state index contributed by atoms with van der Waals surface area (Å²) in [7, 11) is 0. The van der Waals surface area contributed by atoms with Crippen molar-refractivity contribution in [2.75, 3.05) is 33.0 Å². The number of benzene rings is 2. The average molecular weight is 469 g/mol. The SMILES string of the molecule is O=C(c1ccc2c(c1)OCO2)N1CCN(Cc2cc(Br)ccc2OC(F)F)CC1. The Balaban J connectivity index is 1.37. The van der Waals surface area contributed by atoms with Crippen LogP contribution in [0.5, 0.6) is 17.2 Å². The van der Waals surface area contributed by atoms with Gasteiger partial charge in [-0.2, -0.15) is 8.78 Å². The quantitative estimate of drug-likeness (QED) is 0.668. The highest BCUT2D eigenvalue weighted by molar-refractivity contribution is 9.10. The van der Waals surface area contributed by atoms with Gasteiger partial charge >= 0.3 is 6.61 Å². The number of alkyl halides is 2. The Morgan fingerprint density at radius 2 is 1.83 bits per heavy atom. The largest absolute Gasteiger partial charge is 0.454 e. The van der Waals surface area contributed by atoms with Crippen molar-refractivity contribution < 1.29 is 27.8 Å². The molecule has 0 atom stereocenters. The molecule has 2 aliphatic heterocycles. The number of fused-ring (bicyclic) bond motifs is 1. The number of carbonyl (C=O) groups is 1. The fraction of sp³-hybridized carbons (Fsp3) is 0.350. The fourth-order valence-corrected chi connectivity index (χ4v) is 3.85. The molecule has 29 heavy (non-hydrogen) atoms. The molecule has 2 aromatic rings. The van der Waals surface area contributed by atoms with E-state index < -0.39 is 6.61 Å². The molecule has 1 amide bonds. The number of ether oxygens (including phenoxy) is 3. The van der Waals surface area contributed by atoms with Crippen molar-refractivity contribution in [3.63, 3.8) is 0 Å². The van der Waals surface area contributed by atoms with Crippen molar-refractivity contribution in [2.24, 2.45) is 0 Å². The first-order chi connectivity index (χ1) is 14.0. The van der Waals surface area contributed by atoms with Crippen LogP contribution in [-0.2, 0) is 6.54 Å². The second-order valence-corrected chi connectivity index (χ2v) is 7.68. The van der Waals surface area contributed by atoms with E-state index in [4.69, 9.17) is 9.47 Å². The van der Waals surface area contributed by atoms with Crippen LogP contribution in [-0.4, -0.2) is 55.3 Å². The van der Waals surface area contributed by atoms with Gasteiger partial charge in [-0.05, 0) is 36.4 Å². The number of piperazine rings is 1. The molecule has 154 valence electrons. The Bertz CT molecular complexity index is 904. The Hall–Kier alpha value is -2.39. The molecule has 6 nitrogen and oxygen atoms in total. The normalized spacial score (nSPS) is 16.3. The van der Waals surface area contributed by atoms with E-state index in [-0.39, 0.29) is 18.4 Å². The summed E-state index contributed by atoms with van der Waals surface area (Å²) in [6.07, 6.45) is 0. The van der Waals surface area contributed by atoms with E-state index in [9.17, 15) is 13.6 Å². The van der Waals surface area contributed by atoms with E-state index in [1.54, 1.807) is 35.2 Å². The molecule has 0 spiro atoms. The minimum atomic E-state index is -2.87. The second-order valence-electron chi connectivity index (χ2n) is 6.77. The first-order valence-electron chi connectivity index (χ1n) is 9.14. The molecule has 0 saturated carbocycles. The summed E-state index contributed by atoms with van der Waals surface area (Å²) >= 11 is 3.37. The third kappa shape index (κ3) is 4.62. The minimum absolute atomic E-state index is 0.0628. The monoisotopic (exact) mass is 468 g/mol. The molecule has 2 heterocycles. The van der Waals surface area contributed by atoms with E-state index >= 15 is 0 Å². The molecule has 0 radical (unpaired) electrons. The lowest BCUT2D eigenvalue weighted by Gasteiger charge is -2.35. The van der Waals surface area contributed by atoms with Crippen LogP contribution < -0.4 is 14.2 Å². The topological polar surface area (TPSA) is 51.2 Å². The lowest BCUT2D eigenvalue weighted by Crippen LogP contribution is -2.48. The van der Waals surface area contributed by atoms with Crippen LogP contribution in [0.2, 0.25) is 0 Å². The summed E-state index contributed by atoms with van der Waals surface area (Å²) in [5.41, 5.74) is 1.23. The Morgan fingerprint density at radius 3 is 2.59 bits per heavy atom. The zero-order valence-corrected chi connectivity index (χ0v) is 17.0. The number of rotatable bonds is 5. The molecule has 0 bridgehead atoms. The molecule has 0 aliphatic carbocycles. The number of nitrogens with zero attached hydrogens (tertiary/aromatic N) is 2. The summed E-state index contributed by atoms with van der Waals surface area (Å²) < 4.78 is 41.4. The van der Waals surface area contributed by atoms with Gasteiger partial charge in [-0.3, -0.25) is 9.69 Å². The zero-order valence-electron chi connectivity index (χ0n) is 15.4. The summed E-state index contributed by atoms with van der Waals surface area (Å²) in [6, 6.07) is 10.2. The van der Waals surface area contributed by atoms with Gasteiger partial charge in [-0.15, -0.1) is 0 Å². The Kier molecular flexibility index (Phi) is 5.86. The highest BCUT2D eigenvalue weighted by Gasteiger charge is 2.25. The van der Waals surface area contributed by atoms with Gasteiger partial charge in [0, 0.05) is 48.3 Å². The van der Waals surface area contributed by atoms with Gasteiger partial charge < -0.3 is 19.1 Å². The maximum absolute atomic E-state index is 12.8. The van der Waals surface area contributed by atoms with Crippen LogP contribution in [0.4, 0.5) is 8.78 Å². The lowest BCUT2D eigenvalue weighted by atomic mass is 10.1. The van der Waals surface area contributed by atoms with E-state index in [1.807, 2.05) is 0 Å². The lowest BCUT2D eigenvalue weighted by molar-refractivity contribution is -0.0509. The smallest absolute Gasteiger partial charge is 0.387 e. The molecule has 0 N–H and O–H groups in total. The van der Waals surface area contributed by atoms with Gasteiger partial charge in [0.1, 0.15) is 5.75 Å². The molecule has 0 aromatic heterocycles. The molecule has 0 unspecified atom stereocenters. The Morgan fingerprint density at radius 1 is 1.07 bits per heavy atom. The Labute approximate surface area is 175 Å². The molecule has 9 heteroatoms. The molecule has 2 aromatic carbocycles. The maximum Gasteiger partial charge on any atom is 0.387 e. The van der Waals surface area contributed by atoms with Gasteiger partial charge in [-0.1, -0.05) is 15.9 Å². The summed E-state index contributed by atoms with van der Waals surface area (Å²) in [5.74, 6) is 1.33. The highest BCUT2D eigenvalue weighted by atomic mass is 79.9. The van der Waals surface area contributed by atoms with Crippen molar-refractivity contribution in [1.82, 2.24) is 9.80 Å². The third-order valence-electron chi connectivity index (χ3n) is 4.91. The number of hydrogen-bond acceptors (Lipinski definition) is 5. The van der Waals surface area contributed by atoms with Crippen molar-refractivity contribution in [3.8, 4) is 17.2 Å². The van der Waals surface area contributed by atoms with Crippen LogP contribution in [0.3, 0.4) is 0 Å². The number of halogens is 3. The van der Waals surface area contributed by atoms with Crippen molar-refractivity contribution in [1.29, 1.82) is 0 Å². The zero-order chi connectivity index (χ0) is 20.4. The van der Waals surface area contributed by atoms with Crippen molar-refractivity contribution in [2.45, 2.75) is 13.2 Å². The van der Waals surface area contributed by atoms with E-state index in [0.717, 1.165) is 4.47 Å². The summed E-state index contributed by atoms with van der Waals surface area (Å²) in [6.45, 7) is 0.129. The maximum atomic E-state index is 12.8. The predicted molar refractivity (Wildman–Crippen MR) is 105 cm³/mol. The molecule has 2 aliphatic rings. The predicted octanol–water partition coefficient (Wildman–Crippen LogP) is 3.74. The first-order valence-corrected chi connectivity index (χ1v) is 9.93. The first kappa shape index (κ1) is 19.9. The van der Waals surface area contributed by atoms with Gasteiger partial charge in [0.05, 0.1) is 0 Å². The van der Waals surface area contributed by atoms with Gasteiger partial charge in [0.2, 0.25) is 6.79 Å². The number of carbonyl (C=O) groups excluding carboxylic acids is 1. The minimum Gasteiger partial charge on any atom is -0.454 e. The molecular formula is C20H19BrF2N2O4. The second kappa shape index (κ2) is 8.54. The van der Waals surface area contributed by atoms with Gasteiger partial charge in [-0.25, -0.2) is 0 Å². The van der Waals surface area contributed by atoms with Crippen molar-refractivity contribution in [3.05, 3.63) is 52.0 Å². The summed E-state index contributed by atoms with van der Waals surface area (Å²) in [4.78, 5) is 16.7. The number of hydrogen-bond donors (Lipinski definition) is 0. The van der Waals surface area contributed by atoms with Gasteiger partial charge in [0.15, 0.2) is 11.5 Å². The van der Waals surface area contributed by atoms with Gasteiger partial charge in [0.25, 0.3) is 5.91 Å². The van der Waals surface area contributed by atoms with Crippen LogP contribution in [0.15, 0.2) is 40.9 Å². The molecule has 1 saturated heterocycles. The molecular weight excluding hydrogens is 450 g/mol.